The highest BCUT2D eigenvalue weighted by molar-refractivity contribution is 5.73. The Balaban J connectivity index is 2.01. The molecule has 0 spiro atoms. The second-order valence-corrected chi connectivity index (χ2v) is 5.07. The number of ether oxygens (including phenoxy) is 1. The van der Waals surface area contributed by atoms with Crippen LogP contribution in [-0.2, 0) is 9.53 Å². The fraction of sp³-hybridized carbons (Fsp3) is 0.643. The van der Waals surface area contributed by atoms with Crippen molar-refractivity contribution in [3.05, 3.63) is 11.9 Å². The highest BCUT2D eigenvalue weighted by Crippen LogP contribution is 2.17. The van der Waals surface area contributed by atoms with Crippen LogP contribution >= 0.6 is 0 Å². The van der Waals surface area contributed by atoms with Gasteiger partial charge in [-0.1, -0.05) is 0 Å². The highest BCUT2D eigenvalue weighted by Gasteiger charge is 2.20. The van der Waals surface area contributed by atoms with Crippen LogP contribution < -0.4 is 10.2 Å². The van der Waals surface area contributed by atoms with Gasteiger partial charge in [0, 0.05) is 52.8 Å². The van der Waals surface area contributed by atoms with Gasteiger partial charge < -0.3 is 19.9 Å². The number of anilines is 2. The Hall–Kier alpha value is -1.89. The van der Waals surface area contributed by atoms with Crippen LogP contribution in [0.25, 0.3) is 0 Å². The minimum atomic E-state index is 0.135. The Morgan fingerprint density at radius 3 is 2.67 bits per heavy atom. The zero-order valence-corrected chi connectivity index (χ0v) is 12.9. The lowest BCUT2D eigenvalue weighted by Crippen LogP contribution is -2.48. The maximum Gasteiger partial charge on any atom is 0.219 e. The summed E-state index contributed by atoms with van der Waals surface area (Å²) >= 11 is 0. The van der Waals surface area contributed by atoms with E-state index < -0.39 is 0 Å². The summed E-state index contributed by atoms with van der Waals surface area (Å²) in [5.41, 5.74) is 0. The van der Waals surface area contributed by atoms with E-state index in [9.17, 15) is 4.79 Å². The second-order valence-electron chi connectivity index (χ2n) is 5.07. The number of piperazine rings is 1. The number of rotatable bonds is 5. The summed E-state index contributed by atoms with van der Waals surface area (Å²) < 4.78 is 5.02. The Labute approximate surface area is 125 Å². The molecule has 1 aromatic heterocycles. The minimum absolute atomic E-state index is 0.135. The number of amides is 1. The van der Waals surface area contributed by atoms with Gasteiger partial charge in [-0.3, -0.25) is 4.79 Å². The molecule has 7 heteroatoms. The van der Waals surface area contributed by atoms with E-state index in [0.717, 1.165) is 43.6 Å². The summed E-state index contributed by atoms with van der Waals surface area (Å²) in [7, 11) is 1.67. The molecule has 21 heavy (non-hydrogen) atoms. The molecule has 2 rings (SSSR count). The van der Waals surface area contributed by atoms with Crippen LogP contribution in [0.3, 0.4) is 0 Å². The van der Waals surface area contributed by atoms with Crippen molar-refractivity contribution in [3.8, 4) is 0 Å². The molecule has 1 N–H and O–H groups in total. The van der Waals surface area contributed by atoms with Gasteiger partial charge in [-0.05, 0) is 6.92 Å². The highest BCUT2D eigenvalue weighted by atomic mass is 16.5. The number of aromatic nitrogens is 2. The molecule has 0 aromatic carbocycles. The summed E-state index contributed by atoms with van der Waals surface area (Å²) in [6, 6.07) is 1.95. The molecule has 1 amide bonds. The predicted octanol–water partition coefficient (Wildman–Crippen LogP) is 0.512. The van der Waals surface area contributed by atoms with Crippen LogP contribution in [0.5, 0.6) is 0 Å². The third kappa shape index (κ3) is 4.29. The van der Waals surface area contributed by atoms with Crippen molar-refractivity contribution >= 4 is 17.5 Å². The average molecular weight is 293 g/mol. The zero-order valence-electron chi connectivity index (χ0n) is 12.9. The van der Waals surface area contributed by atoms with E-state index >= 15 is 0 Å². The fourth-order valence-corrected chi connectivity index (χ4v) is 2.34. The van der Waals surface area contributed by atoms with E-state index in [1.54, 1.807) is 14.0 Å². The molecule has 1 fully saturated rings. The van der Waals surface area contributed by atoms with Crippen molar-refractivity contribution in [2.45, 2.75) is 13.8 Å². The largest absolute Gasteiger partial charge is 0.383 e. The van der Waals surface area contributed by atoms with Gasteiger partial charge in [0.15, 0.2) is 0 Å². The Morgan fingerprint density at radius 2 is 2.05 bits per heavy atom. The van der Waals surface area contributed by atoms with Crippen molar-refractivity contribution in [1.82, 2.24) is 14.9 Å². The lowest BCUT2D eigenvalue weighted by Gasteiger charge is -2.35. The molecule has 0 unspecified atom stereocenters. The van der Waals surface area contributed by atoms with Crippen molar-refractivity contribution in [1.29, 1.82) is 0 Å². The Morgan fingerprint density at radius 1 is 1.33 bits per heavy atom. The molecule has 7 nitrogen and oxygen atoms in total. The molecular formula is C14H23N5O2. The number of carbonyl (C=O) groups excluding carboxylic acids is 1. The van der Waals surface area contributed by atoms with Gasteiger partial charge in [-0.25, -0.2) is 9.97 Å². The van der Waals surface area contributed by atoms with Crippen molar-refractivity contribution in [2.75, 3.05) is 56.7 Å². The quantitative estimate of drug-likeness (QED) is 0.798. The van der Waals surface area contributed by atoms with Gasteiger partial charge in [0.05, 0.1) is 6.61 Å². The number of methoxy groups -OCH3 is 1. The van der Waals surface area contributed by atoms with Gasteiger partial charge in [-0.2, -0.15) is 0 Å². The molecule has 0 saturated carbocycles. The van der Waals surface area contributed by atoms with Crippen LogP contribution in [0, 0.1) is 6.92 Å². The monoisotopic (exact) mass is 293 g/mol. The molecule has 1 aliphatic heterocycles. The van der Waals surface area contributed by atoms with Gasteiger partial charge in [0.25, 0.3) is 0 Å². The minimum Gasteiger partial charge on any atom is -0.383 e. The zero-order chi connectivity index (χ0) is 15.2. The van der Waals surface area contributed by atoms with Crippen LogP contribution in [-0.4, -0.2) is 67.2 Å². The first-order valence-corrected chi connectivity index (χ1v) is 7.19. The van der Waals surface area contributed by atoms with Gasteiger partial charge in [0.2, 0.25) is 5.91 Å². The maximum atomic E-state index is 11.4. The number of hydrogen-bond donors (Lipinski definition) is 1. The van der Waals surface area contributed by atoms with Crippen LogP contribution in [0.15, 0.2) is 6.07 Å². The van der Waals surface area contributed by atoms with Gasteiger partial charge in [0.1, 0.15) is 17.5 Å². The molecule has 0 aliphatic carbocycles. The molecular weight excluding hydrogens is 270 g/mol. The molecule has 0 radical (unpaired) electrons. The first-order valence-electron chi connectivity index (χ1n) is 7.19. The fourth-order valence-electron chi connectivity index (χ4n) is 2.34. The van der Waals surface area contributed by atoms with Crippen molar-refractivity contribution in [3.63, 3.8) is 0 Å². The number of carbonyl (C=O) groups is 1. The number of nitrogens with zero attached hydrogens (tertiary/aromatic N) is 4. The van der Waals surface area contributed by atoms with E-state index in [2.05, 4.69) is 20.2 Å². The molecule has 1 aliphatic rings. The topological polar surface area (TPSA) is 70.6 Å². The van der Waals surface area contributed by atoms with Gasteiger partial charge in [-0.15, -0.1) is 0 Å². The first kappa shape index (κ1) is 15.5. The summed E-state index contributed by atoms with van der Waals surface area (Å²) in [5, 5.41) is 3.23. The normalized spacial score (nSPS) is 15.2. The van der Waals surface area contributed by atoms with E-state index in [4.69, 9.17) is 4.74 Å². The van der Waals surface area contributed by atoms with E-state index in [1.165, 1.54) is 0 Å². The standard InChI is InChI=1S/C14H23N5O2/c1-11-16-13(15-4-9-21-3)10-14(17-11)19-7-5-18(6-8-19)12(2)20/h10H,4-9H2,1-3H3,(H,15,16,17). The van der Waals surface area contributed by atoms with E-state index in [1.807, 2.05) is 17.9 Å². The van der Waals surface area contributed by atoms with Crippen molar-refractivity contribution in [2.24, 2.45) is 0 Å². The third-order valence-electron chi connectivity index (χ3n) is 3.49. The van der Waals surface area contributed by atoms with Crippen LogP contribution in [0.1, 0.15) is 12.7 Å². The SMILES string of the molecule is COCCNc1cc(N2CCN(C(C)=O)CC2)nc(C)n1. The summed E-state index contributed by atoms with van der Waals surface area (Å²) in [6.45, 7) is 7.93. The summed E-state index contributed by atoms with van der Waals surface area (Å²) in [5.74, 6) is 2.59. The average Bonchev–Trinajstić information content (AvgIpc) is 2.47. The number of hydrogen-bond acceptors (Lipinski definition) is 6. The van der Waals surface area contributed by atoms with Crippen LogP contribution in [0.4, 0.5) is 11.6 Å². The molecule has 1 saturated heterocycles. The third-order valence-corrected chi connectivity index (χ3v) is 3.49. The van der Waals surface area contributed by atoms with E-state index in [-0.39, 0.29) is 5.91 Å². The molecule has 116 valence electrons. The van der Waals surface area contributed by atoms with E-state index in [0.29, 0.717) is 13.2 Å². The predicted molar refractivity (Wildman–Crippen MR) is 81.6 cm³/mol. The van der Waals surface area contributed by atoms with Gasteiger partial charge >= 0.3 is 0 Å². The molecule has 0 bridgehead atoms. The number of nitrogens with one attached hydrogen (secondary N) is 1. The smallest absolute Gasteiger partial charge is 0.219 e. The Bertz CT molecular complexity index is 486. The first-order chi connectivity index (χ1) is 10.1. The lowest BCUT2D eigenvalue weighted by molar-refractivity contribution is -0.129. The van der Waals surface area contributed by atoms with Crippen molar-refractivity contribution < 1.29 is 9.53 Å². The van der Waals surface area contributed by atoms with Crippen LogP contribution in [0.2, 0.25) is 0 Å². The molecule has 1 aromatic rings. The summed E-state index contributed by atoms with van der Waals surface area (Å²) in [4.78, 5) is 24.3. The lowest BCUT2D eigenvalue weighted by atomic mass is 10.3. The number of aryl methyl sites for hydroxylation is 1. The maximum absolute atomic E-state index is 11.4. The summed E-state index contributed by atoms with van der Waals surface area (Å²) in [6.07, 6.45) is 0. The Kier molecular flexibility index (Phi) is 5.32. The molecule has 0 atom stereocenters. The molecule has 2 heterocycles. The second kappa shape index (κ2) is 7.21.